The zero-order chi connectivity index (χ0) is 15.7. The van der Waals surface area contributed by atoms with Crippen LogP contribution in [0.3, 0.4) is 0 Å². The standard InChI is InChI=1S/C18H19N3O/c1-13-9-16(11-20(3)18(13)22)17-10-19-21(12-17)14(2)15-7-5-4-6-8-15/h4-12,14H,1-3H3. The number of hydrogen-bond donors (Lipinski definition) is 0. The molecule has 1 aromatic carbocycles. The van der Waals surface area contributed by atoms with Gasteiger partial charge in [0.1, 0.15) is 0 Å². The lowest BCUT2D eigenvalue weighted by atomic mass is 10.1. The highest BCUT2D eigenvalue weighted by atomic mass is 16.1. The number of rotatable bonds is 3. The van der Waals surface area contributed by atoms with Gasteiger partial charge in [0.25, 0.3) is 5.56 Å². The smallest absolute Gasteiger partial charge is 0.253 e. The maximum atomic E-state index is 11.8. The Balaban J connectivity index is 1.96. The molecule has 0 bridgehead atoms. The molecule has 0 amide bonds. The summed E-state index contributed by atoms with van der Waals surface area (Å²) in [5.41, 5.74) is 4.01. The molecule has 0 saturated heterocycles. The molecular weight excluding hydrogens is 274 g/mol. The van der Waals surface area contributed by atoms with Crippen LogP contribution < -0.4 is 5.56 Å². The molecule has 2 heterocycles. The third-order valence-corrected chi connectivity index (χ3v) is 3.98. The topological polar surface area (TPSA) is 39.8 Å². The normalized spacial score (nSPS) is 12.3. The van der Waals surface area contributed by atoms with E-state index in [1.54, 1.807) is 11.6 Å². The van der Waals surface area contributed by atoms with Crippen molar-refractivity contribution in [3.8, 4) is 11.1 Å². The van der Waals surface area contributed by atoms with Gasteiger partial charge in [-0.05, 0) is 25.5 Å². The van der Waals surface area contributed by atoms with E-state index >= 15 is 0 Å². The fourth-order valence-electron chi connectivity index (χ4n) is 2.62. The fourth-order valence-corrected chi connectivity index (χ4v) is 2.62. The molecule has 0 N–H and O–H groups in total. The van der Waals surface area contributed by atoms with Crippen LogP contribution in [0, 0.1) is 6.92 Å². The van der Waals surface area contributed by atoms with Crippen LogP contribution >= 0.6 is 0 Å². The third kappa shape index (κ3) is 2.60. The summed E-state index contributed by atoms with van der Waals surface area (Å²) in [4.78, 5) is 11.8. The van der Waals surface area contributed by atoms with Gasteiger partial charge >= 0.3 is 0 Å². The van der Waals surface area contributed by atoms with E-state index in [-0.39, 0.29) is 11.6 Å². The SMILES string of the molecule is Cc1cc(-c2cnn(C(C)c3ccccc3)c2)cn(C)c1=O. The maximum Gasteiger partial charge on any atom is 0.253 e. The summed E-state index contributed by atoms with van der Waals surface area (Å²) in [6.45, 7) is 3.96. The summed E-state index contributed by atoms with van der Waals surface area (Å²) < 4.78 is 3.56. The first kappa shape index (κ1) is 14.3. The Kier molecular flexibility index (Phi) is 3.67. The molecule has 4 heteroatoms. The predicted molar refractivity (Wildman–Crippen MR) is 87.9 cm³/mol. The molecule has 2 aromatic heterocycles. The number of hydrogen-bond acceptors (Lipinski definition) is 2. The fraction of sp³-hybridized carbons (Fsp3) is 0.222. The van der Waals surface area contributed by atoms with Gasteiger partial charge in [0, 0.05) is 36.1 Å². The third-order valence-electron chi connectivity index (χ3n) is 3.98. The van der Waals surface area contributed by atoms with E-state index in [1.807, 2.05) is 54.5 Å². The monoisotopic (exact) mass is 293 g/mol. The van der Waals surface area contributed by atoms with Crippen molar-refractivity contribution in [3.63, 3.8) is 0 Å². The Bertz CT molecular complexity index is 820. The summed E-state index contributed by atoms with van der Waals surface area (Å²) in [6, 6.07) is 12.4. The number of pyridine rings is 1. The molecule has 1 atom stereocenters. The predicted octanol–water partition coefficient (Wildman–Crippen LogP) is 3.17. The molecule has 3 aromatic rings. The molecular formula is C18H19N3O. The summed E-state index contributed by atoms with van der Waals surface area (Å²) in [5.74, 6) is 0. The Hall–Kier alpha value is -2.62. The summed E-state index contributed by atoms with van der Waals surface area (Å²) in [5, 5.41) is 4.48. The van der Waals surface area contributed by atoms with E-state index in [9.17, 15) is 4.79 Å². The highest BCUT2D eigenvalue weighted by Crippen LogP contribution is 2.22. The quantitative estimate of drug-likeness (QED) is 0.744. The first-order chi connectivity index (χ1) is 10.6. The first-order valence-corrected chi connectivity index (χ1v) is 7.33. The van der Waals surface area contributed by atoms with Gasteiger partial charge in [-0.3, -0.25) is 9.48 Å². The first-order valence-electron chi connectivity index (χ1n) is 7.33. The molecule has 112 valence electrons. The van der Waals surface area contributed by atoms with E-state index in [4.69, 9.17) is 0 Å². The summed E-state index contributed by atoms with van der Waals surface area (Å²) in [6.07, 6.45) is 5.72. The van der Waals surface area contributed by atoms with Crippen LogP contribution in [0.5, 0.6) is 0 Å². The van der Waals surface area contributed by atoms with Gasteiger partial charge in [0.15, 0.2) is 0 Å². The molecule has 0 saturated carbocycles. The zero-order valence-electron chi connectivity index (χ0n) is 13.0. The van der Waals surface area contributed by atoms with E-state index in [1.165, 1.54) is 5.56 Å². The molecule has 0 spiro atoms. The van der Waals surface area contributed by atoms with Gasteiger partial charge in [-0.25, -0.2) is 0 Å². The maximum absolute atomic E-state index is 11.8. The minimum atomic E-state index is 0.0359. The molecule has 0 radical (unpaired) electrons. The molecule has 1 unspecified atom stereocenters. The lowest BCUT2D eigenvalue weighted by Gasteiger charge is -2.12. The van der Waals surface area contributed by atoms with Gasteiger partial charge in [-0.15, -0.1) is 0 Å². The van der Waals surface area contributed by atoms with Gasteiger partial charge in [-0.2, -0.15) is 5.10 Å². The van der Waals surface area contributed by atoms with E-state index in [2.05, 4.69) is 24.2 Å². The van der Waals surface area contributed by atoms with Crippen LogP contribution in [0.15, 0.2) is 59.8 Å². The van der Waals surface area contributed by atoms with Crippen LogP contribution in [-0.4, -0.2) is 14.3 Å². The number of nitrogens with zero attached hydrogens (tertiary/aromatic N) is 3. The molecule has 4 nitrogen and oxygen atoms in total. The van der Waals surface area contributed by atoms with Gasteiger partial charge in [0.2, 0.25) is 0 Å². The van der Waals surface area contributed by atoms with Gasteiger partial charge in [-0.1, -0.05) is 30.3 Å². The van der Waals surface area contributed by atoms with Crippen molar-refractivity contribution in [3.05, 3.63) is 76.5 Å². The lowest BCUT2D eigenvalue weighted by molar-refractivity contribution is 0.565. The number of aryl methyl sites for hydroxylation is 2. The van der Waals surface area contributed by atoms with Crippen molar-refractivity contribution in [1.82, 2.24) is 14.3 Å². The summed E-state index contributed by atoms with van der Waals surface area (Å²) in [7, 11) is 1.77. The average Bonchev–Trinajstić information content (AvgIpc) is 3.02. The number of benzene rings is 1. The lowest BCUT2D eigenvalue weighted by Crippen LogP contribution is -2.18. The van der Waals surface area contributed by atoms with Crippen molar-refractivity contribution >= 4 is 0 Å². The van der Waals surface area contributed by atoms with Crippen molar-refractivity contribution in [1.29, 1.82) is 0 Å². The molecule has 0 aliphatic heterocycles. The largest absolute Gasteiger partial charge is 0.318 e. The van der Waals surface area contributed by atoms with E-state index in [0.29, 0.717) is 0 Å². The van der Waals surface area contributed by atoms with Gasteiger partial charge in [0.05, 0.1) is 12.2 Å². The molecule has 22 heavy (non-hydrogen) atoms. The summed E-state index contributed by atoms with van der Waals surface area (Å²) >= 11 is 0. The Morgan fingerprint density at radius 2 is 1.82 bits per heavy atom. The van der Waals surface area contributed by atoms with Crippen LogP contribution in [0.25, 0.3) is 11.1 Å². The molecule has 0 fully saturated rings. The second kappa shape index (κ2) is 5.64. The van der Waals surface area contributed by atoms with Crippen molar-refractivity contribution in [2.24, 2.45) is 7.05 Å². The van der Waals surface area contributed by atoms with Crippen molar-refractivity contribution in [2.75, 3.05) is 0 Å². The van der Waals surface area contributed by atoms with E-state index < -0.39 is 0 Å². The van der Waals surface area contributed by atoms with Crippen molar-refractivity contribution < 1.29 is 0 Å². The average molecular weight is 293 g/mol. The van der Waals surface area contributed by atoms with E-state index in [0.717, 1.165) is 16.7 Å². The Morgan fingerprint density at radius 1 is 1.09 bits per heavy atom. The highest BCUT2D eigenvalue weighted by molar-refractivity contribution is 5.61. The number of aromatic nitrogens is 3. The minimum absolute atomic E-state index is 0.0359. The van der Waals surface area contributed by atoms with Crippen molar-refractivity contribution in [2.45, 2.75) is 19.9 Å². The van der Waals surface area contributed by atoms with Gasteiger partial charge < -0.3 is 4.57 Å². The highest BCUT2D eigenvalue weighted by Gasteiger charge is 2.11. The van der Waals surface area contributed by atoms with Crippen LogP contribution in [0.4, 0.5) is 0 Å². The molecule has 3 rings (SSSR count). The second-order valence-corrected chi connectivity index (χ2v) is 5.62. The van der Waals surface area contributed by atoms with Crippen LogP contribution in [-0.2, 0) is 7.05 Å². The Labute approximate surface area is 129 Å². The minimum Gasteiger partial charge on any atom is -0.318 e. The Morgan fingerprint density at radius 3 is 2.50 bits per heavy atom. The second-order valence-electron chi connectivity index (χ2n) is 5.62. The zero-order valence-corrected chi connectivity index (χ0v) is 13.0. The molecule has 0 aliphatic rings. The van der Waals surface area contributed by atoms with Crippen LogP contribution in [0.2, 0.25) is 0 Å². The molecule has 0 aliphatic carbocycles. The van der Waals surface area contributed by atoms with Crippen LogP contribution in [0.1, 0.15) is 24.1 Å².